The van der Waals surface area contributed by atoms with Crippen molar-refractivity contribution >= 4 is 71.4 Å². The van der Waals surface area contributed by atoms with Crippen molar-refractivity contribution in [2.24, 2.45) is 13.0 Å². The minimum absolute atomic E-state index is 0.0474. The van der Waals surface area contributed by atoms with Gasteiger partial charge < -0.3 is 18.9 Å². The maximum Gasteiger partial charge on any atom is 0.170 e. The Labute approximate surface area is 245 Å². The molecule has 0 fully saturated rings. The van der Waals surface area contributed by atoms with Gasteiger partial charge in [0.25, 0.3) is 0 Å². The van der Waals surface area contributed by atoms with Crippen LogP contribution in [0.15, 0.2) is 36.7 Å². The number of aromatic nitrogens is 3. The van der Waals surface area contributed by atoms with Crippen molar-refractivity contribution in [2.45, 2.75) is 54.0 Å². The Kier molecular flexibility index (Phi) is 11.7. The highest BCUT2D eigenvalue weighted by Crippen LogP contribution is 2.34. The predicted molar refractivity (Wildman–Crippen MR) is 172 cm³/mol. The van der Waals surface area contributed by atoms with Gasteiger partial charge in [0.05, 0.1) is 0 Å². The van der Waals surface area contributed by atoms with Crippen LogP contribution < -0.4 is 0 Å². The zero-order valence-corrected chi connectivity index (χ0v) is 26.5. The number of imidazole rings is 1. The maximum atomic E-state index is 13.0. The van der Waals surface area contributed by atoms with Crippen molar-refractivity contribution in [2.75, 3.05) is 26.2 Å². The Morgan fingerprint density at radius 3 is 2.13 bits per heavy atom. The van der Waals surface area contributed by atoms with Gasteiger partial charge in [0, 0.05) is 80.2 Å². The molecule has 0 radical (unpaired) electrons. The number of carbonyl (C=O) groups is 1. The summed E-state index contributed by atoms with van der Waals surface area (Å²) in [6.45, 7) is 15.0. The van der Waals surface area contributed by atoms with Gasteiger partial charge in [-0.1, -0.05) is 42.6 Å². The molecule has 3 aromatic rings. The normalized spacial score (nSPS) is 14.6. The molecule has 0 saturated carbocycles. The van der Waals surface area contributed by atoms with Gasteiger partial charge in [0.15, 0.2) is 5.78 Å². The molecule has 206 valence electrons. The second-order valence-corrected chi connectivity index (χ2v) is 12.6. The van der Waals surface area contributed by atoms with E-state index in [1.807, 2.05) is 25.3 Å². The van der Waals surface area contributed by atoms with Crippen LogP contribution in [-0.2, 0) is 20.0 Å². The number of hydrogen-bond donors (Lipinski definition) is 0. The Bertz CT molecular complexity index is 1240. The van der Waals surface area contributed by atoms with Crippen molar-refractivity contribution in [3.8, 4) is 0 Å². The number of carbonyl (C=O) groups excluding carboxylic acids is 1. The summed E-state index contributed by atoms with van der Waals surface area (Å²) in [4.78, 5) is 21.6. The van der Waals surface area contributed by atoms with Gasteiger partial charge in [0.1, 0.15) is 14.5 Å². The number of benzene rings is 1. The highest BCUT2D eigenvalue weighted by atomic mass is 33.1. The van der Waals surface area contributed by atoms with E-state index in [-0.39, 0.29) is 11.7 Å². The smallest absolute Gasteiger partial charge is 0.170 e. The molecule has 2 aromatic heterocycles. The topological polar surface area (TPSA) is 46.3 Å². The van der Waals surface area contributed by atoms with Crippen LogP contribution in [0.2, 0.25) is 0 Å². The lowest BCUT2D eigenvalue weighted by Crippen LogP contribution is -2.28. The molecule has 4 rings (SSSR count). The molecule has 1 aliphatic carbocycles. The lowest BCUT2D eigenvalue weighted by Gasteiger charge is -2.23. The zero-order chi connectivity index (χ0) is 27.8. The van der Waals surface area contributed by atoms with Gasteiger partial charge >= 0.3 is 0 Å². The molecular weight excluding hydrogens is 551 g/mol. The molecule has 0 amide bonds. The molecule has 6 nitrogen and oxygen atoms in total. The lowest BCUT2D eigenvalue weighted by molar-refractivity contribution is 0.0888. The summed E-state index contributed by atoms with van der Waals surface area (Å²) in [7, 11) is 5.25. The molecule has 0 aliphatic heterocycles. The Morgan fingerprint density at radius 2 is 1.61 bits per heavy atom. The fraction of sp³-hybridized carbons (Fsp3) is 0.500. The van der Waals surface area contributed by atoms with E-state index in [4.69, 9.17) is 24.4 Å². The number of ketones is 1. The van der Waals surface area contributed by atoms with Crippen LogP contribution in [0.5, 0.6) is 0 Å². The number of para-hydroxylation sites is 1. The SMILES string of the molecule is CCN(CC)C(=S)SSC(=S)N(CC)CC.Cc1nccn1CC1CCc2c(c3ccccc3n2C)C1=O. The summed E-state index contributed by atoms with van der Waals surface area (Å²) in [5, 5.41) is 1.09. The third-order valence-electron chi connectivity index (χ3n) is 7.14. The van der Waals surface area contributed by atoms with Gasteiger partial charge in [-0.3, -0.25) is 4.79 Å². The average Bonchev–Trinajstić information content (AvgIpc) is 3.46. The predicted octanol–water partition coefficient (Wildman–Crippen LogP) is 6.75. The van der Waals surface area contributed by atoms with E-state index in [0.29, 0.717) is 0 Å². The number of rotatable bonds is 6. The number of thiocarbonyl (C=S) groups is 2. The Hall–Kier alpha value is -1.88. The van der Waals surface area contributed by atoms with Crippen LogP contribution in [0.4, 0.5) is 0 Å². The summed E-state index contributed by atoms with van der Waals surface area (Å²) >= 11 is 10.7. The van der Waals surface area contributed by atoms with E-state index in [1.54, 1.807) is 27.8 Å². The van der Waals surface area contributed by atoms with Gasteiger partial charge in [-0.25, -0.2) is 4.98 Å². The zero-order valence-electron chi connectivity index (χ0n) is 23.3. The molecule has 0 spiro atoms. The second-order valence-electron chi connectivity index (χ2n) is 9.17. The van der Waals surface area contributed by atoms with Gasteiger partial charge in [-0.05, 0) is 75.1 Å². The minimum atomic E-state index is 0.0474. The molecule has 1 aliphatic rings. The molecule has 0 saturated heterocycles. The average molecular weight is 590 g/mol. The molecule has 1 aromatic carbocycles. The maximum absolute atomic E-state index is 13.0. The van der Waals surface area contributed by atoms with Crippen molar-refractivity contribution in [1.82, 2.24) is 23.9 Å². The molecule has 0 N–H and O–H groups in total. The summed E-state index contributed by atoms with van der Waals surface area (Å²) in [5.74, 6) is 1.30. The van der Waals surface area contributed by atoms with Gasteiger partial charge in [-0.2, -0.15) is 0 Å². The van der Waals surface area contributed by atoms with Crippen molar-refractivity contribution in [3.63, 3.8) is 0 Å². The van der Waals surface area contributed by atoms with Gasteiger partial charge in [-0.15, -0.1) is 0 Å². The van der Waals surface area contributed by atoms with Crippen LogP contribution in [0.3, 0.4) is 0 Å². The third-order valence-corrected chi connectivity index (χ3v) is 10.9. The second kappa shape index (κ2) is 14.5. The molecule has 0 bridgehead atoms. The first-order valence-corrected chi connectivity index (χ1v) is 16.2. The first-order chi connectivity index (χ1) is 18.3. The lowest BCUT2D eigenvalue weighted by atomic mass is 9.85. The van der Waals surface area contributed by atoms with E-state index < -0.39 is 0 Å². The van der Waals surface area contributed by atoms with Crippen LogP contribution in [0, 0.1) is 12.8 Å². The fourth-order valence-corrected chi connectivity index (χ4v) is 7.87. The number of aryl methyl sites for hydroxylation is 2. The first-order valence-electron chi connectivity index (χ1n) is 13.3. The summed E-state index contributed by atoms with van der Waals surface area (Å²) in [6.07, 6.45) is 5.63. The van der Waals surface area contributed by atoms with Crippen LogP contribution >= 0.6 is 46.0 Å². The standard InChI is InChI=1S/C18H19N3O.C10H20N2S4/c1-12-19-9-10-21(12)11-13-7-8-16-17(18(13)22)14-5-3-4-6-15(14)20(16)2;1-5-11(6-2)9(13)15-16-10(14)12(7-3)8-4/h3-6,9-10,13H,7-8,11H2,1-2H3;5-8H2,1-4H3. The minimum Gasteiger partial charge on any atom is -0.357 e. The molecule has 10 heteroatoms. The number of nitrogens with zero attached hydrogens (tertiary/aromatic N) is 5. The van der Waals surface area contributed by atoms with Crippen molar-refractivity contribution in [3.05, 3.63) is 53.7 Å². The van der Waals surface area contributed by atoms with Gasteiger partial charge in [0.2, 0.25) is 0 Å². The number of fused-ring (bicyclic) bond motifs is 3. The largest absolute Gasteiger partial charge is 0.357 e. The number of hydrogen-bond acceptors (Lipinski definition) is 6. The van der Waals surface area contributed by atoms with E-state index in [9.17, 15) is 4.79 Å². The van der Waals surface area contributed by atoms with E-state index in [0.717, 1.165) is 76.5 Å². The Balaban J connectivity index is 0.000000224. The highest BCUT2D eigenvalue weighted by molar-refractivity contribution is 8.89. The first kappa shape index (κ1) is 30.7. The summed E-state index contributed by atoms with van der Waals surface area (Å²) in [5.41, 5.74) is 3.28. The third kappa shape index (κ3) is 7.00. The van der Waals surface area contributed by atoms with Crippen LogP contribution in [0.1, 0.15) is 56.0 Å². The molecule has 1 atom stereocenters. The summed E-state index contributed by atoms with van der Waals surface area (Å²) in [6, 6.07) is 8.21. The van der Waals surface area contributed by atoms with Crippen molar-refractivity contribution in [1.29, 1.82) is 0 Å². The molecular formula is C28H39N5OS4. The molecule has 1 unspecified atom stereocenters. The van der Waals surface area contributed by atoms with E-state index in [2.05, 4.69) is 70.8 Å². The number of Topliss-reactive ketones (excluding diaryl/α,β-unsaturated/α-hetero) is 1. The summed E-state index contributed by atoms with van der Waals surface area (Å²) < 4.78 is 6.11. The van der Waals surface area contributed by atoms with Crippen LogP contribution in [-0.4, -0.2) is 64.5 Å². The van der Waals surface area contributed by atoms with Crippen molar-refractivity contribution < 1.29 is 4.79 Å². The van der Waals surface area contributed by atoms with E-state index >= 15 is 0 Å². The molecule has 2 heterocycles. The van der Waals surface area contributed by atoms with Crippen LogP contribution in [0.25, 0.3) is 10.9 Å². The molecule has 38 heavy (non-hydrogen) atoms. The monoisotopic (exact) mass is 589 g/mol. The highest BCUT2D eigenvalue weighted by Gasteiger charge is 2.32. The fourth-order valence-electron chi connectivity index (χ4n) is 4.81. The quantitative estimate of drug-likeness (QED) is 0.231. The van der Waals surface area contributed by atoms with E-state index in [1.165, 1.54) is 5.69 Å². The Morgan fingerprint density at radius 1 is 1.03 bits per heavy atom.